The normalized spacial score (nSPS) is 15.4. The zero-order valence-corrected chi connectivity index (χ0v) is 24.5. The van der Waals surface area contributed by atoms with E-state index in [1.54, 1.807) is 26.6 Å². The summed E-state index contributed by atoms with van der Waals surface area (Å²) in [5.41, 5.74) is 4.75. The van der Waals surface area contributed by atoms with Crippen LogP contribution in [-0.4, -0.2) is 72.3 Å². The highest BCUT2D eigenvalue weighted by atomic mass is 19.2. The van der Waals surface area contributed by atoms with Crippen LogP contribution in [0.3, 0.4) is 0 Å². The van der Waals surface area contributed by atoms with E-state index in [1.807, 2.05) is 18.2 Å². The summed E-state index contributed by atoms with van der Waals surface area (Å²) < 4.78 is 40.2. The predicted octanol–water partition coefficient (Wildman–Crippen LogP) is 4.36. The van der Waals surface area contributed by atoms with Crippen LogP contribution in [0, 0.1) is 11.6 Å². The van der Waals surface area contributed by atoms with Gasteiger partial charge in [0.2, 0.25) is 0 Å². The second-order valence-electron chi connectivity index (χ2n) is 11.0. The van der Waals surface area contributed by atoms with Crippen LogP contribution in [0.15, 0.2) is 42.7 Å². The number of hydrogen-bond acceptors (Lipinski definition) is 7. The lowest BCUT2D eigenvalue weighted by Crippen LogP contribution is -2.47. The topological polar surface area (TPSA) is 84.8 Å². The largest absolute Gasteiger partial charge is 0.496 e. The highest BCUT2D eigenvalue weighted by molar-refractivity contribution is 6.09. The van der Waals surface area contributed by atoms with Crippen molar-refractivity contribution in [1.29, 1.82) is 0 Å². The summed E-state index contributed by atoms with van der Waals surface area (Å²) in [6.07, 6.45) is 5.05. The first-order chi connectivity index (χ1) is 21.0. The number of nitrogens with zero attached hydrogens (tertiary/aromatic N) is 5. The molecule has 4 heterocycles. The molecule has 0 unspecified atom stereocenters. The van der Waals surface area contributed by atoms with Gasteiger partial charge in [-0.25, -0.2) is 18.7 Å². The van der Waals surface area contributed by atoms with Gasteiger partial charge in [0, 0.05) is 45.0 Å². The SMILES string of the molecule is COc1cccc(OC)c1CNC(=O)c1c2n(c3c(N4CCN(CCc5ccc(F)c(F)c5)CC4)ncnc13)CCCC2. The molecule has 9 nitrogen and oxygen atoms in total. The van der Waals surface area contributed by atoms with Crippen molar-refractivity contribution in [3.63, 3.8) is 0 Å². The number of aryl methyl sites for hydroxylation is 1. The summed E-state index contributed by atoms with van der Waals surface area (Å²) in [5, 5.41) is 3.09. The highest BCUT2D eigenvalue weighted by Gasteiger charge is 2.30. The molecule has 4 aromatic rings. The van der Waals surface area contributed by atoms with Gasteiger partial charge in [0.25, 0.3) is 5.91 Å². The minimum Gasteiger partial charge on any atom is -0.496 e. The van der Waals surface area contributed by atoms with E-state index in [9.17, 15) is 13.6 Å². The molecule has 2 aliphatic heterocycles. The smallest absolute Gasteiger partial charge is 0.255 e. The van der Waals surface area contributed by atoms with Crippen LogP contribution in [0.4, 0.5) is 14.6 Å². The lowest BCUT2D eigenvalue weighted by molar-refractivity contribution is 0.0950. The monoisotopic (exact) mass is 590 g/mol. The Balaban J connectivity index is 1.21. The molecule has 2 aromatic carbocycles. The van der Waals surface area contributed by atoms with Gasteiger partial charge in [-0.05, 0) is 55.5 Å². The second-order valence-corrected chi connectivity index (χ2v) is 11.0. The summed E-state index contributed by atoms with van der Waals surface area (Å²) >= 11 is 0. The summed E-state index contributed by atoms with van der Waals surface area (Å²) in [6.45, 7) is 4.99. The van der Waals surface area contributed by atoms with Gasteiger partial charge in [-0.3, -0.25) is 9.69 Å². The molecule has 2 aliphatic rings. The van der Waals surface area contributed by atoms with Gasteiger partial charge >= 0.3 is 0 Å². The van der Waals surface area contributed by atoms with E-state index < -0.39 is 11.6 Å². The van der Waals surface area contributed by atoms with E-state index in [0.717, 1.165) is 86.7 Å². The molecule has 2 aromatic heterocycles. The Bertz CT molecular complexity index is 1610. The Hall–Kier alpha value is -4.25. The molecule has 1 saturated heterocycles. The molecular formula is C32H36F2N6O3. The van der Waals surface area contributed by atoms with Crippen molar-refractivity contribution in [2.45, 2.75) is 38.8 Å². The Morgan fingerprint density at radius 3 is 2.44 bits per heavy atom. The first-order valence-corrected chi connectivity index (χ1v) is 14.7. The van der Waals surface area contributed by atoms with Crippen LogP contribution in [0.1, 0.15) is 40.0 Å². The van der Waals surface area contributed by atoms with Crippen molar-refractivity contribution in [1.82, 2.24) is 24.8 Å². The second kappa shape index (κ2) is 12.5. The Labute approximate surface area is 249 Å². The number of carbonyl (C=O) groups is 1. The van der Waals surface area contributed by atoms with Crippen molar-refractivity contribution in [2.24, 2.45) is 0 Å². The molecule has 1 amide bonds. The fraction of sp³-hybridized carbons (Fsp3) is 0.406. The quantitative estimate of drug-likeness (QED) is 0.310. The zero-order valence-electron chi connectivity index (χ0n) is 24.5. The van der Waals surface area contributed by atoms with Crippen molar-refractivity contribution in [3.05, 3.63) is 76.7 Å². The fourth-order valence-corrected chi connectivity index (χ4v) is 6.27. The van der Waals surface area contributed by atoms with Gasteiger partial charge in [-0.1, -0.05) is 12.1 Å². The van der Waals surface area contributed by atoms with Crippen molar-refractivity contribution in [2.75, 3.05) is 51.8 Å². The Morgan fingerprint density at radius 2 is 1.72 bits per heavy atom. The number of amides is 1. The molecule has 6 rings (SSSR count). The number of benzene rings is 2. The summed E-state index contributed by atoms with van der Waals surface area (Å²) in [5.74, 6) is 0.338. The van der Waals surface area contributed by atoms with E-state index >= 15 is 0 Å². The predicted molar refractivity (Wildman–Crippen MR) is 160 cm³/mol. The lowest BCUT2D eigenvalue weighted by Gasteiger charge is -2.35. The molecule has 1 N–H and O–H groups in total. The fourth-order valence-electron chi connectivity index (χ4n) is 6.27. The maximum atomic E-state index is 13.8. The standard InChI is InChI=1S/C32H36F2N6O3/c1-42-26-7-5-8-27(43-2)22(26)19-35-32(41)28-25-6-3-4-12-40(25)30-29(28)36-20-37-31(30)39-16-14-38(15-17-39)13-11-21-9-10-23(33)24(34)18-21/h5,7-10,18,20H,3-4,6,11-17,19H2,1-2H3,(H,35,41). The minimum atomic E-state index is -0.821. The van der Waals surface area contributed by atoms with Crippen LogP contribution in [-0.2, 0) is 25.9 Å². The summed E-state index contributed by atoms with van der Waals surface area (Å²) in [4.78, 5) is 27.7. The molecule has 0 atom stereocenters. The number of carbonyl (C=O) groups excluding carboxylic acids is 1. The number of anilines is 1. The number of hydrogen-bond donors (Lipinski definition) is 1. The molecular weight excluding hydrogens is 554 g/mol. The van der Waals surface area contributed by atoms with Gasteiger partial charge < -0.3 is 24.3 Å². The third-order valence-corrected chi connectivity index (χ3v) is 8.52. The molecule has 43 heavy (non-hydrogen) atoms. The van der Waals surface area contributed by atoms with Crippen molar-refractivity contribution < 1.29 is 23.0 Å². The van der Waals surface area contributed by atoms with Crippen molar-refractivity contribution >= 4 is 22.8 Å². The summed E-state index contributed by atoms with van der Waals surface area (Å²) in [6, 6.07) is 9.65. The molecule has 11 heteroatoms. The highest BCUT2D eigenvalue weighted by Crippen LogP contribution is 2.35. The summed E-state index contributed by atoms with van der Waals surface area (Å²) in [7, 11) is 3.20. The molecule has 226 valence electrons. The number of fused-ring (bicyclic) bond motifs is 3. The van der Waals surface area contributed by atoms with Gasteiger partial charge in [-0.2, -0.15) is 0 Å². The van der Waals surface area contributed by atoms with Crippen LogP contribution in [0.5, 0.6) is 11.5 Å². The van der Waals surface area contributed by atoms with Crippen LogP contribution in [0.25, 0.3) is 11.0 Å². The van der Waals surface area contributed by atoms with Gasteiger partial charge in [-0.15, -0.1) is 0 Å². The van der Waals surface area contributed by atoms with Crippen LogP contribution in [0.2, 0.25) is 0 Å². The molecule has 0 radical (unpaired) electrons. The molecule has 0 saturated carbocycles. The van der Waals surface area contributed by atoms with Gasteiger partial charge in [0.05, 0.1) is 31.9 Å². The van der Waals surface area contributed by atoms with E-state index in [1.165, 1.54) is 12.1 Å². The number of rotatable bonds is 9. The minimum absolute atomic E-state index is 0.180. The third-order valence-electron chi connectivity index (χ3n) is 8.52. The van der Waals surface area contributed by atoms with E-state index in [2.05, 4.69) is 24.7 Å². The maximum absolute atomic E-state index is 13.8. The van der Waals surface area contributed by atoms with Gasteiger partial charge in [0.15, 0.2) is 17.5 Å². The number of nitrogens with one attached hydrogen (secondary N) is 1. The average molecular weight is 591 g/mol. The number of ether oxygens (including phenoxy) is 2. The van der Waals surface area contributed by atoms with Crippen molar-refractivity contribution in [3.8, 4) is 11.5 Å². The Kier molecular flexibility index (Phi) is 8.42. The van der Waals surface area contributed by atoms with E-state index in [0.29, 0.717) is 29.0 Å². The first-order valence-electron chi connectivity index (χ1n) is 14.7. The third kappa shape index (κ3) is 5.73. The number of piperazine rings is 1. The number of methoxy groups -OCH3 is 2. The molecule has 0 spiro atoms. The molecule has 0 bridgehead atoms. The van der Waals surface area contributed by atoms with Gasteiger partial charge in [0.1, 0.15) is 28.9 Å². The molecule has 0 aliphatic carbocycles. The zero-order chi connectivity index (χ0) is 29.9. The number of halogens is 2. The van der Waals surface area contributed by atoms with E-state index in [4.69, 9.17) is 14.5 Å². The van der Waals surface area contributed by atoms with Crippen LogP contribution >= 0.6 is 0 Å². The van der Waals surface area contributed by atoms with Crippen LogP contribution < -0.4 is 19.7 Å². The number of aromatic nitrogens is 3. The lowest BCUT2D eigenvalue weighted by atomic mass is 10.1. The maximum Gasteiger partial charge on any atom is 0.255 e. The van der Waals surface area contributed by atoms with E-state index in [-0.39, 0.29) is 12.5 Å². The first kappa shape index (κ1) is 28.9. The Morgan fingerprint density at radius 1 is 0.953 bits per heavy atom. The average Bonchev–Trinajstić information content (AvgIpc) is 3.39. The molecule has 1 fully saturated rings.